The van der Waals surface area contributed by atoms with Crippen LogP contribution in [-0.2, 0) is 17.9 Å². The Morgan fingerprint density at radius 1 is 1.24 bits per heavy atom. The molecule has 2 heterocycles. The van der Waals surface area contributed by atoms with Gasteiger partial charge in [0.25, 0.3) is 6.43 Å². The van der Waals surface area contributed by atoms with Gasteiger partial charge >= 0.3 is 0 Å². The molecule has 1 fully saturated rings. The fourth-order valence-electron chi connectivity index (χ4n) is 3.04. The molecule has 2 aromatic heterocycles. The summed E-state index contributed by atoms with van der Waals surface area (Å²) in [6, 6.07) is 7.42. The van der Waals surface area contributed by atoms with Crippen molar-refractivity contribution in [1.29, 1.82) is 0 Å². The number of nitrogens with one attached hydrogen (secondary N) is 1. The molecule has 1 N–H and O–H groups in total. The second-order valence-corrected chi connectivity index (χ2v) is 7.78. The van der Waals surface area contributed by atoms with E-state index in [2.05, 4.69) is 31.4 Å². The number of rotatable bonds is 7. The highest BCUT2D eigenvalue weighted by Gasteiger charge is 2.30. The predicted octanol–water partition coefficient (Wildman–Crippen LogP) is 4.48. The van der Waals surface area contributed by atoms with Crippen LogP contribution in [0.4, 0.5) is 19.0 Å². The van der Waals surface area contributed by atoms with Gasteiger partial charge in [0.1, 0.15) is 18.1 Å². The first-order valence-corrected chi connectivity index (χ1v) is 9.81. The molecular weight excluding hydrogens is 451 g/mol. The summed E-state index contributed by atoms with van der Waals surface area (Å²) in [7, 11) is 0. The highest BCUT2D eigenvalue weighted by atomic mass is 79.9. The molecule has 0 unspecified atom stereocenters. The minimum atomic E-state index is -2.67. The molecule has 0 aliphatic heterocycles. The standard InChI is InChI=1S/C19H17BrF3N5O/c20-14-9-27(8-11-1-5-13(21)6-2-11)26-19(14)24-17(29)10-28-16(12-3-4-12)7-15(25-28)18(22)23/h1-2,5-7,9,12,18H,3-4,8,10H2,(H,24,26,29). The molecule has 0 radical (unpaired) electrons. The Morgan fingerprint density at radius 3 is 2.62 bits per heavy atom. The van der Waals surface area contributed by atoms with E-state index in [1.165, 1.54) is 22.9 Å². The van der Waals surface area contributed by atoms with Crippen molar-refractivity contribution in [3.8, 4) is 0 Å². The van der Waals surface area contributed by atoms with Gasteiger partial charge in [-0.25, -0.2) is 13.2 Å². The van der Waals surface area contributed by atoms with E-state index in [1.807, 2.05) is 0 Å². The van der Waals surface area contributed by atoms with E-state index in [4.69, 9.17) is 0 Å². The normalized spacial score (nSPS) is 13.8. The van der Waals surface area contributed by atoms with Crippen molar-refractivity contribution >= 4 is 27.7 Å². The molecule has 6 nitrogen and oxygen atoms in total. The van der Waals surface area contributed by atoms with Crippen molar-refractivity contribution in [2.75, 3.05) is 5.32 Å². The lowest BCUT2D eigenvalue weighted by Gasteiger charge is -2.07. The molecule has 0 spiro atoms. The second kappa shape index (κ2) is 8.02. The predicted molar refractivity (Wildman–Crippen MR) is 103 cm³/mol. The van der Waals surface area contributed by atoms with Gasteiger partial charge in [0.15, 0.2) is 5.82 Å². The molecule has 1 saturated carbocycles. The lowest BCUT2D eigenvalue weighted by Crippen LogP contribution is -2.21. The van der Waals surface area contributed by atoms with Crippen molar-refractivity contribution < 1.29 is 18.0 Å². The smallest absolute Gasteiger partial charge is 0.282 e. The summed E-state index contributed by atoms with van der Waals surface area (Å²) in [5, 5.41) is 10.9. The number of aromatic nitrogens is 4. The summed E-state index contributed by atoms with van der Waals surface area (Å²) in [5.41, 5.74) is 1.20. The van der Waals surface area contributed by atoms with Gasteiger partial charge in [0, 0.05) is 17.8 Å². The lowest BCUT2D eigenvalue weighted by atomic mass is 10.2. The van der Waals surface area contributed by atoms with E-state index in [1.54, 1.807) is 23.0 Å². The van der Waals surface area contributed by atoms with Crippen LogP contribution < -0.4 is 5.32 Å². The van der Waals surface area contributed by atoms with Crippen LogP contribution in [-0.4, -0.2) is 25.5 Å². The van der Waals surface area contributed by atoms with Gasteiger partial charge in [0.05, 0.1) is 11.0 Å². The Morgan fingerprint density at radius 2 is 1.97 bits per heavy atom. The summed E-state index contributed by atoms with van der Waals surface area (Å²) in [4.78, 5) is 12.4. The van der Waals surface area contributed by atoms with Crippen LogP contribution >= 0.6 is 15.9 Å². The van der Waals surface area contributed by atoms with Gasteiger partial charge in [0.2, 0.25) is 5.91 Å². The molecule has 1 aliphatic carbocycles. The number of nitrogens with zero attached hydrogens (tertiary/aromatic N) is 4. The zero-order valence-electron chi connectivity index (χ0n) is 15.2. The Labute approximate surface area is 172 Å². The van der Waals surface area contributed by atoms with Crippen LogP contribution in [0.25, 0.3) is 0 Å². The number of hydrogen-bond donors (Lipinski definition) is 1. The molecule has 4 rings (SSSR count). The van der Waals surface area contributed by atoms with Crippen LogP contribution in [0.2, 0.25) is 0 Å². The molecule has 0 saturated heterocycles. The number of carbonyl (C=O) groups excluding carboxylic acids is 1. The molecule has 0 bridgehead atoms. The van der Waals surface area contributed by atoms with Crippen LogP contribution in [0.5, 0.6) is 0 Å². The van der Waals surface area contributed by atoms with Gasteiger partial charge < -0.3 is 5.32 Å². The first kappa shape index (κ1) is 19.7. The summed E-state index contributed by atoms with van der Waals surface area (Å²) in [6.07, 6.45) is 0.843. The van der Waals surface area contributed by atoms with E-state index in [9.17, 15) is 18.0 Å². The topological polar surface area (TPSA) is 64.7 Å². The first-order chi connectivity index (χ1) is 13.9. The highest BCUT2D eigenvalue weighted by Crippen LogP contribution is 2.41. The van der Waals surface area contributed by atoms with Gasteiger partial charge in [-0.1, -0.05) is 12.1 Å². The first-order valence-electron chi connectivity index (χ1n) is 9.02. The maximum Gasteiger partial charge on any atom is 0.282 e. The Kier molecular flexibility index (Phi) is 5.44. The average Bonchev–Trinajstić information content (AvgIpc) is 3.34. The van der Waals surface area contributed by atoms with Crippen LogP contribution in [0.1, 0.15) is 42.1 Å². The number of amides is 1. The third-order valence-electron chi connectivity index (χ3n) is 4.58. The van der Waals surface area contributed by atoms with E-state index in [-0.39, 0.29) is 24.0 Å². The number of benzene rings is 1. The quantitative estimate of drug-likeness (QED) is 0.556. The zero-order valence-corrected chi connectivity index (χ0v) is 16.7. The minimum Gasteiger partial charge on any atom is -0.307 e. The monoisotopic (exact) mass is 467 g/mol. The average molecular weight is 468 g/mol. The van der Waals surface area contributed by atoms with Gasteiger partial charge in [-0.15, -0.1) is 0 Å². The summed E-state index contributed by atoms with van der Waals surface area (Å²) >= 11 is 3.35. The third kappa shape index (κ3) is 4.69. The Balaban J connectivity index is 1.44. The molecule has 1 aromatic carbocycles. The molecule has 3 aromatic rings. The zero-order chi connectivity index (χ0) is 20.5. The molecule has 1 aliphatic rings. The number of alkyl halides is 2. The van der Waals surface area contributed by atoms with Crippen molar-refractivity contribution in [2.24, 2.45) is 0 Å². The van der Waals surface area contributed by atoms with Crippen LogP contribution in [0, 0.1) is 5.82 Å². The fraction of sp³-hybridized carbons (Fsp3) is 0.316. The number of anilines is 1. The molecule has 0 atom stereocenters. The Hall–Kier alpha value is -2.62. The Bertz CT molecular complexity index is 1030. The SMILES string of the molecule is O=C(Cn1nc(C(F)F)cc1C1CC1)Nc1nn(Cc2ccc(F)cc2)cc1Br. The van der Waals surface area contributed by atoms with E-state index in [0.717, 1.165) is 18.4 Å². The largest absolute Gasteiger partial charge is 0.307 e. The van der Waals surface area contributed by atoms with E-state index in [0.29, 0.717) is 22.5 Å². The molecule has 29 heavy (non-hydrogen) atoms. The number of carbonyl (C=O) groups is 1. The van der Waals surface area contributed by atoms with Crippen molar-refractivity contribution in [3.05, 3.63) is 63.8 Å². The second-order valence-electron chi connectivity index (χ2n) is 6.92. The van der Waals surface area contributed by atoms with Gasteiger partial charge in [-0.3, -0.25) is 14.2 Å². The summed E-state index contributed by atoms with van der Waals surface area (Å²) in [5.74, 6) is -0.234. The summed E-state index contributed by atoms with van der Waals surface area (Å²) in [6.45, 7) is 0.229. The molecule has 1 amide bonds. The molecule has 152 valence electrons. The van der Waals surface area contributed by atoms with Gasteiger partial charge in [-0.2, -0.15) is 10.2 Å². The molecular formula is C19H17BrF3N5O. The highest BCUT2D eigenvalue weighted by molar-refractivity contribution is 9.10. The van der Waals surface area contributed by atoms with E-state index >= 15 is 0 Å². The van der Waals surface area contributed by atoms with Crippen LogP contribution in [0.3, 0.4) is 0 Å². The summed E-state index contributed by atoms with van der Waals surface area (Å²) < 4.78 is 42.5. The lowest BCUT2D eigenvalue weighted by molar-refractivity contribution is -0.117. The van der Waals surface area contributed by atoms with Gasteiger partial charge in [-0.05, 0) is 52.5 Å². The van der Waals surface area contributed by atoms with Crippen molar-refractivity contribution in [2.45, 2.75) is 38.3 Å². The van der Waals surface area contributed by atoms with Crippen LogP contribution in [0.15, 0.2) is 41.0 Å². The maximum atomic E-state index is 13.0. The maximum absolute atomic E-state index is 13.0. The fourth-order valence-corrected chi connectivity index (χ4v) is 3.46. The number of hydrogen-bond acceptors (Lipinski definition) is 3. The van der Waals surface area contributed by atoms with E-state index < -0.39 is 12.3 Å². The molecule has 10 heteroatoms. The third-order valence-corrected chi connectivity index (χ3v) is 5.16. The minimum absolute atomic E-state index is 0.171. The van der Waals surface area contributed by atoms with Crippen molar-refractivity contribution in [3.63, 3.8) is 0 Å². The number of halogens is 4. The van der Waals surface area contributed by atoms with Crippen molar-refractivity contribution in [1.82, 2.24) is 19.6 Å².